The van der Waals surface area contributed by atoms with Gasteiger partial charge in [-0.3, -0.25) is 14.5 Å². The first-order chi connectivity index (χ1) is 22.4. The maximum absolute atomic E-state index is 16.1. The number of amides is 1. The molecule has 11 nitrogen and oxygen atoms in total. The van der Waals surface area contributed by atoms with E-state index >= 15 is 4.39 Å². The number of carbonyl (C=O) groups excluding carboxylic acids is 2. The Balaban J connectivity index is 1.35. The van der Waals surface area contributed by atoms with Gasteiger partial charge in [0.1, 0.15) is 11.4 Å². The molecule has 2 aliphatic heterocycles. The zero-order valence-electron chi connectivity index (χ0n) is 27.2. The molecule has 12 heteroatoms. The van der Waals surface area contributed by atoms with E-state index in [1.165, 1.54) is 11.1 Å². The van der Waals surface area contributed by atoms with Crippen LogP contribution < -0.4 is 9.80 Å². The number of anilines is 2. The molecule has 0 N–H and O–H groups in total. The lowest BCUT2D eigenvalue weighted by Gasteiger charge is -2.35. The Kier molecular flexibility index (Phi) is 6.99. The summed E-state index contributed by atoms with van der Waals surface area (Å²) in [6.45, 7) is 11.5. The van der Waals surface area contributed by atoms with Crippen molar-refractivity contribution in [3.63, 3.8) is 0 Å². The van der Waals surface area contributed by atoms with Crippen LogP contribution in [0.4, 0.5) is 20.7 Å². The summed E-state index contributed by atoms with van der Waals surface area (Å²) < 4.78 is 25.4. The van der Waals surface area contributed by atoms with Gasteiger partial charge in [0.15, 0.2) is 11.8 Å². The smallest absolute Gasteiger partial charge is 0.410 e. The van der Waals surface area contributed by atoms with Gasteiger partial charge in [-0.25, -0.2) is 18.7 Å². The first-order valence-corrected chi connectivity index (χ1v) is 15.7. The second kappa shape index (κ2) is 10.9. The number of hydrogen-bond donors (Lipinski definition) is 0. The molecular weight excluding hydrogens is 599 g/mol. The Morgan fingerprint density at radius 2 is 1.81 bits per heavy atom. The van der Waals surface area contributed by atoms with Crippen molar-refractivity contribution in [2.75, 3.05) is 16.3 Å². The molecule has 3 aliphatic rings. The van der Waals surface area contributed by atoms with Crippen molar-refractivity contribution >= 4 is 34.4 Å². The van der Waals surface area contributed by atoms with Crippen molar-refractivity contribution < 1.29 is 18.7 Å². The van der Waals surface area contributed by atoms with Crippen molar-refractivity contribution in [3.05, 3.63) is 82.4 Å². The van der Waals surface area contributed by atoms with Crippen molar-refractivity contribution in [1.82, 2.24) is 24.5 Å². The minimum absolute atomic E-state index is 0.0328. The minimum atomic E-state index is -0.687. The van der Waals surface area contributed by atoms with E-state index in [1.54, 1.807) is 32.9 Å². The summed E-state index contributed by atoms with van der Waals surface area (Å²) in [5, 5.41) is 19.5. The number of fused-ring (bicyclic) bond motifs is 2. The van der Waals surface area contributed by atoms with Crippen LogP contribution >= 0.6 is 0 Å². The highest BCUT2D eigenvalue weighted by molar-refractivity contribution is 5.87. The van der Waals surface area contributed by atoms with Crippen LogP contribution in [0.3, 0.4) is 0 Å². The number of nitrogens with zero attached hydrogens (tertiary/aromatic N) is 8. The number of rotatable bonds is 4. The van der Waals surface area contributed by atoms with Gasteiger partial charge in [-0.05, 0) is 89.8 Å². The lowest BCUT2D eigenvalue weighted by molar-refractivity contribution is 0.0160. The number of aromatic nitrogens is 4. The molecule has 0 bridgehead atoms. The van der Waals surface area contributed by atoms with Gasteiger partial charge >= 0.3 is 6.09 Å². The Morgan fingerprint density at radius 1 is 1.11 bits per heavy atom. The highest BCUT2D eigenvalue weighted by Gasteiger charge is 2.40. The predicted octanol–water partition coefficient (Wildman–Crippen LogP) is 6.51. The summed E-state index contributed by atoms with van der Waals surface area (Å²) in [6.07, 6.45) is 6.85. The Bertz CT molecular complexity index is 2060. The summed E-state index contributed by atoms with van der Waals surface area (Å²) in [5.74, 6) is 2.09. The quantitative estimate of drug-likeness (QED) is 0.234. The van der Waals surface area contributed by atoms with Crippen molar-refractivity contribution in [2.24, 2.45) is 0 Å². The fourth-order valence-corrected chi connectivity index (χ4v) is 6.60. The second-order valence-electron chi connectivity index (χ2n) is 13.4. The van der Waals surface area contributed by atoms with E-state index in [9.17, 15) is 14.9 Å². The standard InChI is InChI=1S/C35H35FN8O3/c1-20-15-24(16-21(2)25(20)17-37)44-33(31-22(3)40(12-11-27(31)39-44)34(46)47-35(4,5)6)42-14-13-41(30(42)19-45)29-10-9-28-26(32(29)36)18-38-43(28)23-7-8-23/h9-10,13-16,18,22-23H,7-8,11-12H2,1-6H3/t22-/m0/s1. The van der Waals surface area contributed by atoms with E-state index in [2.05, 4.69) is 11.2 Å². The molecule has 1 fully saturated rings. The fraction of sp³-hybridized carbons (Fsp3) is 0.371. The normalized spacial score (nSPS) is 17.7. The summed E-state index contributed by atoms with van der Waals surface area (Å²) in [5.41, 5.74) is 4.48. The third kappa shape index (κ3) is 4.95. The summed E-state index contributed by atoms with van der Waals surface area (Å²) in [7, 11) is 0. The summed E-state index contributed by atoms with van der Waals surface area (Å²) in [4.78, 5) is 30.9. The van der Waals surface area contributed by atoms with Gasteiger partial charge in [0.25, 0.3) is 0 Å². The Hall–Kier alpha value is -5.40. The first-order valence-electron chi connectivity index (χ1n) is 15.7. The second-order valence-corrected chi connectivity index (χ2v) is 13.4. The van der Waals surface area contributed by atoms with E-state index in [0.717, 1.165) is 35.2 Å². The van der Waals surface area contributed by atoms with E-state index < -0.39 is 23.6 Å². The van der Waals surface area contributed by atoms with Crippen LogP contribution in [0.25, 0.3) is 16.6 Å². The van der Waals surface area contributed by atoms with E-state index in [1.807, 2.05) is 70.4 Å². The van der Waals surface area contributed by atoms with Crippen LogP contribution in [0.15, 0.2) is 48.7 Å². The van der Waals surface area contributed by atoms with Gasteiger partial charge in [0, 0.05) is 30.9 Å². The first kappa shape index (κ1) is 30.3. The average Bonchev–Trinajstić information content (AvgIpc) is 3.43. The van der Waals surface area contributed by atoms with Gasteiger partial charge in [-0.2, -0.15) is 15.5 Å². The highest BCUT2D eigenvalue weighted by atomic mass is 19.1. The number of ether oxygens (including phenoxy) is 1. The van der Waals surface area contributed by atoms with Gasteiger partial charge in [0.05, 0.1) is 57.9 Å². The maximum Gasteiger partial charge on any atom is 0.410 e. The van der Waals surface area contributed by atoms with E-state index in [0.29, 0.717) is 40.9 Å². The molecule has 2 aromatic heterocycles. The van der Waals surface area contributed by atoms with Gasteiger partial charge in [0.2, 0.25) is 5.82 Å². The van der Waals surface area contributed by atoms with E-state index in [-0.39, 0.29) is 17.6 Å². The molecule has 1 saturated carbocycles. The highest BCUT2D eigenvalue weighted by Crippen LogP contribution is 2.44. The molecule has 1 atom stereocenters. The number of hydrogen-bond acceptors (Lipinski definition) is 8. The molecule has 1 amide bonds. The lowest BCUT2D eigenvalue weighted by Crippen LogP contribution is -2.42. The lowest BCUT2D eigenvalue weighted by atomic mass is 9.99. The minimum Gasteiger partial charge on any atom is -0.444 e. The zero-order chi connectivity index (χ0) is 33.4. The van der Waals surface area contributed by atoms with Crippen LogP contribution in [0.2, 0.25) is 0 Å². The Labute approximate surface area is 271 Å². The van der Waals surface area contributed by atoms with Crippen LogP contribution in [0, 0.1) is 31.0 Å². The number of benzene rings is 2. The molecule has 7 rings (SSSR count). The largest absolute Gasteiger partial charge is 0.444 e. The maximum atomic E-state index is 16.1. The van der Waals surface area contributed by atoms with Crippen LogP contribution in [0.5, 0.6) is 0 Å². The molecular formula is C35H35FN8O3. The number of carbonyl (C=O) groups is 1. The number of halogens is 1. The summed E-state index contributed by atoms with van der Waals surface area (Å²) >= 11 is 0. The Morgan fingerprint density at radius 3 is 2.45 bits per heavy atom. The molecule has 0 radical (unpaired) electrons. The van der Waals surface area contributed by atoms with Crippen molar-refractivity contribution in [3.8, 4) is 11.8 Å². The number of nitriles is 1. The van der Waals surface area contributed by atoms with Gasteiger partial charge < -0.3 is 9.64 Å². The molecule has 240 valence electrons. The molecule has 0 unspecified atom stereocenters. The monoisotopic (exact) mass is 634 g/mol. The molecule has 2 aromatic carbocycles. The molecule has 0 saturated heterocycles. The molecule has 0 spiro atoms. The van der Waals surface area contributed by atoms with Crippen LogP contribution in [-0.4, -0.2) is 48.6 Å². The van der Waals surface area contributed by atoms with Gasteiger partial charge in [-0.1, -0.05) is 0 Å². The van der Waals surface area contributed by atoms with Crippen LogP contribution in [-0.2, 0) is 16.0 Å². The molecule has 4 heterocycles. The average molecular weight is 635 g/mol. The van der Waals surface area contributed by atoms with Crippen molar-refractivity contribution in [2.45, 2.75) is 78.5 Å². The topological polar surface area (TPSA) is 113 Å². The molecule has 4 aromatic rings. The molecule has 47 heavy (non-hydrogen) atoms. The van der Waals surface area contributed by atoms with Gasteiger partial charge in [-0.15, -0.1) is 0 Å². The van der Waals surface area contributed by atoms with Crippen LogP contribution in [0.1, 0.15) is 80.6 Å². The van der Waals surface area contributed by atoms with E-state index in [4.69, 9.17) is 9.84 Å². The SMILES string of the molecule is Cc1cc(-n2nc3c(c2N2C=CN(c4ccc5c(cnn5C5CC5)c4F)C2=C=O)[C@H](C)N(C(=O)OC(C)(C)C)CC3)cc(C)c1C#N. The van der Waals surface area contributed by atoms with Crippen molar-refractivity contribution in [1.29, 1.82) is 5.26 Å². The fourth-order valence-electron chi connectivity index (χ4n) is 6.60. The third-order valence-corrected chi connectivity index (χ3v) is 8.94. The number of aryl methyl sites for hydroxylation is 2. The zero-order valence-corrected chi connectivity index (χ0v) is 27.2. The predicted molar refractivity (Wildman–Crippen MR) is 174 cm³/mol. The third-order valence-electron chi connectivity index (χ3n) is 8.94. The summed E-state index contributed by atoms with van der Waals surface area (Å²) in [6, 6.07) is 9.29. The molecule has 1 aliphatic carbocycles.